The number of fused-ring (bicyclic) bond motifs is 1. The average Bonchev–Trinajstić information content (AvgIpc) is 2.91. The van der Waals surface area contributed by atoms with E-state index in [0.29, 0.717) is 24.3 Å². The molecule has 0 aliphatic carbocycles. The average molecular weight is 323 g/mol. The van der Waals surface area contributed by atoms with Crippen molar-refractivity contribution < 1.29 is 9.53 Å². The number of methoxy groups -OCH3 is 1. The van der Waals surface area contributed by atoms with Crippen LogP contribution in [0.3, 0.4) is 0 Å². The highest BCUT2D eigenvalue weighted by Gasteiger charge is 2.15. The van der Waals surface area contributed by atoms with Crippen molar-refractivity contribution in [3.8, 4) is 5.75 Å². The Kier molecular flexibility index (Phi) is 4.51. The Morgan fingerprint density at radius 1 is 1.21 bits per heavy atom. The van der Waals surface area contributed by atoms with Gasteiger partial charge in [0.2, 0.25) is 0 Å². The molecule has 0 saturated heterocycles. The first-order valence-corrected chi connectivity index (χ1v) is 7.94. The van der Waals surface area contributed by atoms with E-state index >= 15 is 0 Å². The normalized spacial score (nSPS) is 10.8. The van der Waals surface area contributed by atoms with Gasteiger partial charge in [0.15, 0.2) is 0 Å². The molecule has 0 unspecified atom stereocenters. The second kappa shape index (κ2) is 6.74. The number of amides is 1. The predicted molar refractivity (Wildman–Crippen MR) is 94.5 cm³/mol. The summed E-state index contributed by atoms with van der Waals surface area (Å²) in [5.41, 5.74) is 3.56. The molecule has 0 aliphatic heterocycles. The maximum Gasteiger partial charge on any atom is 0.255 e. The van der Waals surface area contributed by atoms with Gasteiger partial charge in [0.25, 0.3) is 5.91 Å². The van der Waals surface area contributed by atoms with Crippen LogP contribution in [0.25, 0.3) is 11.0 Å². The van der Waals surface area contributed by atoms with E-state index in [1.807, 2.05) is 50.4 Å². The highest BCUT2D eigenvalue weighted by atomic mass is 16.5. The molecule has 0 bridgehead atoms. The first-order valence-electron chi connectivity index (χ1n) is 7.94. The van der Waals surface area contributed by atoms with Gasteiger partial charge in [0.1, 0.15) is 11.6 Å². The van der Waals surface area contributed by atoms with Crippen LogP contribution in [0.4, 0.5) is 0 Å². The number of imidazole rings is 1. The third-order valence-electron chi connectivity index (χ3n) is 4.20. The molecule has 124 valence electrons. The highest BCUT2D eigenvalue weighted by Crippen LogP contribution is 2.21. The standard InChI is InChI=1S/C19H21N3O2/c1-13-7-6-10-16(24-3)18(13)19(23)20-12-11-17-21-14-8-4-5-9-15(14)22(17)2/h4-10H,11-12H2,1-3H3,(H,20,23). The van der Waals surface area contributed by atoms with Crippen molar-refractivity contribution >= 4 is 16.9 Å². The number of nitrogens with zero attached hydrogens (tertiary/aromatic N) is 2. The van der Waals surface area contributed by atoms with Crippen molar-refractivity contribution in [1.82, 2.24) is 14.9 Å². The van der Waals surface area contributed by atoms with E-state index < -0.39 is 0 Å². The van der Waals surface area contributed by atoms with Crippen LogP contribution >= 0.6 is 0 Å². The van der Waals surface area contributed by atoms with Crippen molar-refractivity contribution in [2.75, 3.05) is 13.7 Å². The van der Waals surface area contributed by atoms with E-state index in [9.17, 15) is 4.79 Å². The van der Waals surface area contributed by atoms with E-state index in [1.54, 1.807) is 13.2 Å². The van der Waals surface area contributed by atoms with Gasteiger partial charge in [-0.05, 0) is 30.7 Å². The van der Waals surface area contributed by atoms with Gasteiger partial charge in [-0.1, -0.05) is 24.3 Å². The number of aromatic nitrogens is 2. The first kappa shape index (κ1) is 16.1. The predicted octanol–water partition coefficient (Wildman–Crippen LogP) is 2.86. The van der Waals surface area contributed by atoms with Crippen molar-refractivity contribution in [1.29, 1.82) is 0 Å². The van der Waals surface area contributed by atoms with E-state index in [4.69, 9.17) is 4.74 Å². The SMILES string of the molecule is COc1cccc(C)c1C(=O)NCCc1nc2ccccc2n1C. The molecule has 2 aromatic carbocycles. The number of hydrogen-bond acceptors (Lipinski definition) is 3. The van der Waals surface area contributed by atoms with Gasteiger partial charge in [-0.15, -0.1) is 0 Å². The number of rotatable bonds is 5. The molecule has 0 radical (unpaired) electrons. The number of carbonyl (C=O) groups is 1. The minimum absolute atomic E-state index is 0.122. The lowest BCUT2D eigenvalue weighted by atomic mass is 10.1. The third-order valence-corrected chi connectivity index (χ3v) is 4.20. The fraction of sp³-hybridized carbons (Fsp3) is 0.263. The largest absolute Gasteiger partial charge is 0.496 e. The topological polar surface area (TPSA) is 56.1 Å². The fourth-order valence-electron chi connectivity index (χ4n) is 2.90. The monoisotopic (exact) mass is 323 g/mol. The van der Waals surface area contributed by atoms with Crippen LogP contribution in [0.1, 0.15) is 21.7 Å². The van der Waals surface area contributed by atoms with Crippen LogP contribution in [0.15, 0.2) is 42.5 Å². The number of benzene rings is 2. The quantitative estimate of drug-likeness (QED) is 0.785. The smallest absolute Gasteiger partial charge is 0.255 e. The van der Waals surface area contributed by atoms with Crippen LogP contribution in [0.2, 0.25) is 0 Å². The Morgan fingerprint density at radius 3 is 2.75 bits per heavy atom. The van der Waals surface area contributed by atoms with Gasteiger partial charge in [0, 0.05) is 20.0 Å². The zero-order valence-corrected chi connectivity index (χ0v) is 14.2. The molecule has 5 nitrogen and oxygen atoms in total. The molecule has 1 aromatic heterocycles. The summed E-state index contributed by atoms with van der Waals surface area (Å²) in [5.74, 6) is 1.42. The molecule has 0 saturated carbocycles. The lowest BCUT2D eigenvalue weighted by Gasteiger charge is -2.11. The summed E-state index contributed by atoms with van der Waals surface area (Å²) in [7, 11) is 3.57. The molecule has 1 heterocycles. The number of hydrogen-bond donors (Lipinski definition) is 1. The number of nitrogens with one attached hydrogen (secondary N) is 1. The van der Waals surface area contributed by atoms with Crippen LogP contribution in [-0.4, -0.2) is 29.1 Å². The van der Waals surface area contributed by atoms with Gasteiger partial charge in [-0.2, -0.15) is 0 Å². The van der Waals surface area contributed by atoms with Crippen molar-refractivity contribution in [2.24, 2.45) is 7.05 Å². The Bertz CT molecular complexity index is 883. The molecule has 1 N–H and O–H groups in total. The Balaban J connectivity index is 1.70. The van der Waals surface area contributed by atoms with Gasteiger partial charge >= 0.3 is 0 Å². The maximum atomic E-state index is 12.5. The van der Waals surface area contributed by atoms with E-state index in [-0.39, 0.29) is 5.91 Å². The zero-order chi connectivity index (χ0) is 17.1. The minimum atomic E-state index is -0.122. The number of carbonyl (C=O) groups excluding carboxylic acids is 1. The molecular formula is C19H21N3O2. The summed E-state index contributed by atoms with van der Waals surface area (Å²) < 4.78 is 7.36. The van der Waals surface area contributed by atoms with Gasteiger partial charge in [-0.3, -0.25) is 4.79 Å². The highest BCUT2D eigenvalue weighted by molar-refractivity contribution is 5.98. The van der Waals surface area contributed by atoms with Gasteiger partial charge in [0.05, 0.1) is 23.7 Å². The lowest BCUT2D eigenvalue weighted by molar-refractivity contribution is 0.0950. The Morgan fingerprint density at radius 2 is 2.00 bits per heavy atom. The number of aryl methyl sites for hydroxylation is 2. The molecule has 5 heteroatoms. The van der Waals surface area contributed by atoms with Crippen molar-refractivity contribution in [3.05, 3.63) is 59.4 Å². The van der Waals surface area contributed by atoms with Crippen LogP contribution in [0, 0.1) is 6.92 Å². The maximum absolute atomic E-state index is 12.5. The molecule has 0 aliphatic rings. The summed E-state index contributed by atoms with van der Waals surface area (Å²) in [6.07, 6.45) is 0.672. The van der Waals surface area contributed by atoms with E-state index in [1.165, 1.54) is 0 Å². The van der Waals surface area contributed by atoms with Crippen molar-refractivity contribution in [2.45, 2.75) is 13.3 Å². The minimum Gasteiger partial charge on any atom is -0.496 e. The number of para-hydroxylation sites is 2. The Hall–Kier alpha value is -2.82. The zero-order valence-electron chi connectivity index (χ0n) is 14.2. The summed E-state index contributed by atoms with van der Waals surface area (Å²) in [6, 6.07) is 13.6. The second-order valence-corrected chi connectivity index (χ2v) is 5.73. The number of ether oxygens (including phenoxy) is 1. The Labute approximate surface area is 141 Å². The van der Waals surface area contributed by atoms with Crippen molar-refractivity contribution in [3.63, 3.8) is 0 Å². The second-order valence-electron chi connectivity index (χ2n) is 5.73. The van der Waals surface area contributed by atoms with E-state index in [0.717, 1.165) is 22.4 Å². The lowest BCUT2D eigenvalue weighted by Crippen LogP contribution is -2.27. The first-order chi connectivity index (χ1) is 11.6. The molecular weight excluding hydrogens is 302 g/mol. The summed E-state index contributed by atoms with van der Waals surface area (Å²) in [5, 5.41) is 2.96. The van der Waals surface area contributed by atoms with E-state index in [2.05, 4.69) is 14.9 Å². The summed E-state index contributed by atoms with van der Waals surface area (Å²) >= 11 is 0. The molecule has 24 heavy (non-hydrogen) atoms. The molecule has 0 fully saturated rings. The van der Waals surface area contributed by atoms with Crippen LogP contribution in [-0.2, 0) is 13.5 Å². The van der Waals surface area contributed by atoms with Crippen LogP contribution < -0.4 is 10.1 Å². The molecule has 1 amide bonds. The molecule has 0 spiro atoms. The van der Waals surface area contributed by atoms with Gasteiger partial charge in [-0.25, -0.2) is 4.98 Å². The van der Waals surface area contributed by atoms with Crippen LogP contribution in [0.5, 0.6) is 5.75 Å². The molecule has 0 atom stereocenters. The summed E-state index contributed by atoms with van der Waals surface area (Å²) in [4.78, 5) is 17.1. The van der Waals surface area contributed by atoms with Gasteiger partial charge < -0.3 is 14.6 Å². The fourth-order valence-corrected chi connectivity index (χ4v) is 2.90. The summed E-state index contributed by atoms with van der Waals surface area (Å²) in [6.45, 7) is 2.43. The molecule has 3 aromatic rings. The molecule has 3 rings (SSSR count). The third kappa shape index (κ3) is 2.97.